The van der Waals surface area contributed by atoms with E-state index < -0.39 is 0 Å². The molecule has 0 spiro atoms. The molecule has 0 fully saturated rings. The van der Waals surface area contributed by atoms with Crippen LogP contribution in [0.2, 0.25) is 0 Å². The Morgan fingerprint density at radius 3 is 2.43 bits per heavy atom. The second kappa shape index (κ2) is 9.15. The standard InChI is InChI=1S/C23H19N3O2/c1-17-13-15-25-16-19(17)4-11-23(27)26-20-5-9-22(10-6-20)28-21-7-2-18(3-8-21)12-14-24/h2-11,13,15-16H,12H2,1H3,(H,26,27)/b11-4+. The SMILES string of the molecule is Cc1ccncc1/C=C/C(=O)Nc1ccc(Oc2ccc(CC#N)cc2)cc1. The number of rotatable bonds is 6. The van der Waals surface area contributed by atoms with E-state index in [1.165, 1.54) is 6.08 Å². The van der Waals surface area contributed by atoms with Gasteiger partial charge in [0.2, 0.25) is 5.91 Å². The summed E-state index contributed by atoms with van der Waals surface area (Å²) in [6.07, 6.45) is 7.04. The van der Waals surface area contributed by atoms with Gasteiger partial charge in [0.05, 0.1) is 12.5 Å². The van der Waals surface area contributed by atoms with Crippen molar-refractivity contribution in [3.05, 3.63) is 89.8 Å². The molecule has 0 saturated heterocycles. The Hall–Kier alpha value is -3.91. The summed E-state index contributed by atoms with van der Waals surface area (Å²) in [5, 5.41) is 11.5. The van der Waals surface area contributed by atoms with Gasteiger partial charge in [-0.05, 0) is 72.2 Å². The fourth-order valence-electron chi connectivity index (χ4n) is 2.51. The third-order valence-electron chi connectivity index (χ3n) is 4.06. The van der Waals surface area contributed by atoms with Crippen LogP contribution in [0.4, 0.5) is 5.69 Å². The zero-order valence-corrected chi connectivity index (χ0v) is 15.4. The second-order valence-electron chi connectivity index (χ2n) is 6.16. The van der Waals surface area contributed by atoms with Gasteiger partial charge < -0.3 is 10.1 Å². The molecule has 5 heteroatoms. The van der Waals surface area contributed by atoms with Gasteiger partial charge in [-0.2, -0.15) is 5.26 Å². The molecule has 0 aliphatic carbocycles. The van der Waals surface area contributed by atoms with Gasteiger partial charge in [-0.15, -0.1) is 0 Å². The molecule has 0 unspecified atom stereocenters. The van der Waals surface area contributed by atoms with E-state index in [0.717, 1.165) is 16.7 Å². The number of aromatic nitrogens is 1. The summed E-state index contributed by atoms with van der Waals surface area (Å²) >= 11 is 0. The van der Waals surface area contributed by atoms with Crippen molar-refractivity contribution in [3.8, 4) is 17.6 Å². The minimum absolute atomic E-state index is 0.218. The van der Waals surface area contributed by atoms with E-state index in [0.29, 0.717) is 23.6 Å². The molecule has 2 aromatic carbocycles. The van der Waals surface area contributed by atoms with E-state index >= 15 is 0 Å². The molecular formula is C23H19N3O2. The summed E-state index contributed by atoms with van der Waals surface area (Å²) in [5.41, 5.74) is 3.58. The third-order valence-corrected chi connectivity index (χ3v) is 4.06. The topological polar surface area (TPSA) is 75.0 Å². The summed E-state index contributed by atoms with van der Waals surface area (Å²) in [6, 6.07) is 18.5. The molecule has 1 aromatic heterocycles. The quantitative estimate of drug-likeness (QED) is 0.627. The van der Waals surface area contributed by atoms with Gasteiger partial charge in [0, 0.05) is 24.2 Å². The maximum Gasteiger partial charge on any atom is 0.248 e. The van der Waals surface area contributed by atoms with Crippen molar-refractivity contribution >= 4 is 17.7 Å². The van der Waals surface area contributed by atoms with Crippen LogP contribution >= 0.6 is 0 Å². The lowest BCUT2D eigenvalue weighted by atomic mass is 10.1. The first-order valence-electron chi connectivity index (χ1n) is 8.77. The molecule has 0 atom stereocenters. The number of carbonyl (C=O) groups excluding carboxylic acids is 1. The number of nitrogens with one attached hydrogen (secondary N) is 1. The van der Waals surface area contributed by atoms with Gasteiger partial charge >= 0.3 is 0 Å². The fourth-order valence-corrected chi connectivity index (χ4v) is 2.51. The third kappa shape index (κ3) is 5.29. The monoisotopic (exact) mass is 369 g/mol. The lowest BCUT2D eigenvalue weighted by Crippen LogP contribution is -2.07. The van der Waals surface area contributed by atoms with Crippen LogP contribution in [0.3, 0.4) is 0 Å². The molecule has 1 heterocycles. The fraction of sp³-hybridized carbons (Fsp3) is 0.0870. The van der Waals surface area contributed by atoms with Crippen LogP contribution in [0.15, 0.2) is 73.1 Å². The van der Waals surface area contributed by atoms with Crippen molar-refractivity contribution in [3.63, 3.8) is 0 Å². The minimum atomic E-state index is -0.218. The summed E-state index contributed by atoms with van der Waals surface area (Å²) < 4.78 is 5.77. The van der Waals surface area contributed by atoms with Crippen LogP contribution in [0, 0.1) is 18.3 Å². The van der Waals surface area contributed by atoms with Gasteiger partial charge in [-0.25, -0.2) is 0 Å². The van der Waals surface area contributed by atoms with E-state index in [9.17, 15) is 4.79 Å². The van der Waals surface area contributed by atoms with E-state index in [1.54, 1.807) is 42.7 Å². The lowest BCUT2D eigenvalue weighted by Gasteiger charge is -2.08. The highest BCUT2D eigenvalue weighted by Gasteiger charge is 2.02. The zero-order chi connectivity index (χ0) is 19.8. The van der Waals surface area contributed by atoms with Crippen molar-refractivity contribution in [2.45, 2.75) is 13.3 Å². The van der Waals surface area contributed by atoms with Crippen LogP contribution in [-0.2, 0) is 11.2 Å². The molecule has 0 saturated carbocycles. The Balaban J connectivity index is 1.57. The van der Waals surface area contributed by atoms with Gasteiger partial charge in [-0.1, -0.05) is 12.1 Å². The Labute approximate surface area is 163 Å². The normalized spacial score (nSPS) is 10.4. The molecule has 3 rings (SSSR count). The van der Waals surface area contributed by atoms with Crippen LogP contribution in [0.25, 0.3) is 6.08 Å². The number of pyridine rings is 1. The van der Waals surface area contributed by atoms with Gasteiger partial charge in [0.15, 0.2) is 0 Å². The first kappa shape index (κ1) is 18.9. The number of ether oxygens (including phenoxy) is 1. The van der Waals surface area contributed by atoms with Crippen molar-refractivity contribution in [1.82, 2.24) is 4.98 Å². The molecule has 5 nitrogen and oxygen atoms in total. The van der Waals surface area contributed by atoms with E-state index in [4.69, 9.17) is 10.00 Å². The average Bonchev–Trinajstić information content (AvgIpc) is 2.71. The number of anilines is 1. The van der Waals surface area contributed by atoms with E-state index in [-0.39, 0.29) is 5.91 Å². The molecule has 28 heavy (non-hydrogen) atoms. The number of benzene rings is 2. The molecule has 1 amide bonds. The van der Waals surface area contributed by atoms with Crippen LogP contribution in [0.5, 0.6) is 11.5 Å². The molecular weight excluding hydrogens is 350 g/mol. The van der Waals surface area contributed by atoms with Crippen molar-refractivity contribution in [2.24, 2.45) is 0 Å². The highest BCUT2D eigenvalue weighted by Crippen LogP contribution is 2.23. The second-order valence-corrected chi connectivity index (χ2v) is 6.16. The first-order valence-corrected chi connectivity index (χ1v) is 8.77. The van der Waals surface area contributed by atoms with E-state index in [2.05, 4.69) is 16.4 Å². The van der Waals surface area contributed by atoms with Crippen molar-refractivity contribution in [2.75, 3.05) is 5.32 Å². The predicted molar refractivity (Wildman–Crippen MR) is 109 cm³/mol. The number of hydrogen-bond donors (Lipinski definition) is 1. The maximum atomic E-state index is 12.1. The zero-order valence-electron chi connectivity index (χ0n) is 15.4. The summed E-state index contributed by atoms with van der Waals surface area (Å²) in [4.78, 5) is 16.1. The van der Waals surface area contributed by atoms with Crippen LogP contribution < -0.4 is 10.1 Å². The summed E-state index contributed by atoms with van der Waals surface area (Å²) in [7, 11) is 0. The predicted octanol–water partition coefficient (Wildman–Crippen LogP) is 4.90. The summed E-state index contributed by atoms with van der Waals surface area (Å²) in [5.74, 6) is 1.13. The Morgan fingerprint density at radius 2 is 1.79 bits per heavy atom. The van der Waals surface area contributed by atoms with Crippen molar-refractivity contribution < 1.29 is 9.53 Å². The molecule has 0 aliphatic rings. The maximum absolute atomic E-state index is 12.1. The molecule has 0 bridgehead atoms. The van der Waals surface area contributed by atoms with E-state index in [1.807, 2.05) is 37.3 Å². The first-order chi connectivity index (χ1) is 13.6. The van der Waals surface area contributed by atoms with Gasteiger partial charge in [0.1, 0.15) is 11.5 Å². The highest BCUT2D eigenvalue weighted by atomic mass is 16.5. The van der Waals surface area contributed by atoms with Crippen molar-refractivity contribution in [1.29, 1.82) is 5.26 Å². The lowest BCUT2D eigenvalue weighted by molar-refractivity contribution is -0.111. The number of nitriles is 1. The van der Waals surface area contributed by atoms with Crippen LogP contribution in [0.1, 0.15) is 16.7 Å². The largest absolute Gasteiger partial charge is 0.457 e. The molecule has 138 valence electrons. The number of aryl methyl sites for hydroxylation is 1. The molecule has 0 radical (unpaired) electrons. The highest BCUT2D eigenvalue weighted by molar-refractivity contribution is 6.02. The molecule has 0 aliphatic heterocycles. The Morgan fingerprint density at radius 1 is 1.11 bits per heavy atom. The average molecular weight is 369 g/mol. The smallest absolute Gasteiger partial charge is 0.248 e. The number of carbonyl (C=O) groups is 1. The van der Waals surface area contributed by atoms with Gasteiger partial charge in [-0.3, -0.25) is 9.78 Å². The van der Waals surface area contributed by atoms with Crippen LogP contribution in [-0.4, -0.2) is 10.9 Å². The number of nitrogens with zero attached hydrogens (tertiary/aromatic N) is 2. The number of amides is 1. The Bertz CT molecular complexity index is 1020. The van der Waals surface area contributed by atoms with Gasteiger partial charge in [0.25, 0.3) is 0 Å². The molecule has 1 N–H and O–H groups in total. The minimum Gasteiger partial charge on any atom is -0.457 e. The Kier molecular flexibility index (Phi) is 6.17. The summed E-state index contributed by atoms with van der Waals surface area (Å²) in [6.45, 7) is 1.97. The number of hydrogen-bond acceptors (Lipinski definition) is 4. The molecule has 3 aromatic rings.